The van der Waals surface area contributed by atoms with E-state index in [0.717, 1.165) is 10.4 Å². The van der Waals surface area contributed by atoms with E-state index in [9.17, 15) is 9.59 Å². The number of aromatic nitrogens is 1. The van der Waals surface area contributed by atoms with Crippen LogP contribution in [-0.4, -0.2) is 16.8 Å². The van der Waals surface area contributed by atoms with Gasteiger partial charge in [0, 0.05) is 35.1 Å². The summed E-state index contributed by atoms with van der Waals surface area (Å²) in [5.74, 6) is -0.290. The first kappa shape index (κ1) is 16.9. The molecule has 0 spiro atoms. The lowest BCUT2D eigenvalue weighted by Gasteiger charge is -2.08. The van der Waals surface area contributed by atoms with E-state index < -0.39 is 0 Å². The molecule has 6 heteroatoms. The van der Waals surface area contributed by atoms with E-state index in [2.05, 4.69) is 15.6 Å². The molecule has 3 aromatic rings. The van der Waals surface area contributed by atoms with Gasteiger partial charge in [0.15, 0.2) is 0 Å². The van der Waals surface area contributed by atoms with Crippen LogP contribution in [0.4, 0.5) is 5.69 Å². The number of hydrogen-bond donors (Lipinski definition) is 2. The Morgan fingerprint density at radius 2 is 1.84 bits per heavy atom. The smallest absolute Gasteiger partial charge is 0.261 e. The number of aryl methyl sites for hydroxylation is 1. The number of benzene rings is 1. The summed E-state index contributed by atoms with van der Waals surface area (Å²) in [5.41, 5.74) is 2.14. The molecular formula is C19H17N3O2S. The van der Waals surface area contributed by atoms with Crippen molar-refractivity contribution < 1.29 is 9.59 Å². The van der Waals surface area contributed by atoms with Crippen LogP contribution in [0.5, 0.6) is 0 Å². The minimum absolute atomic E-state index is 0.0932. The van der Waals surface area contributed by atoms with Gasteiger partial charge in [0.25, 0.3) is 11.8 Å². The first-order valence-corrected chi connectivity index (χ1v) is 8.58. The predicted molar refractivity (Wildman–Crippen MR) is 98.9 cm³/mol. The summed E-state index contributed by atoms with van der Waals surface area (Å²) in [6.07, 6.45) is 3.15. The van der Waals surface area contributed by atoms with Crippen LogP contribution in [0.1, 0.15) is 30.5 Å². The Morgan fingerprint density at radius 3 is 2.56 bits per heavy atom. The molecule has 0 aliphatic rings. The Morgan fingerprint density at radius 1 is 1.04 bits per heavy atom. The Bertz CT molecular complexity index is 890. The van der Waals surface area contributed by atoms with Crippen LogP contribution in [0, 0.1) is 6.92 Å². The third kappa shape index (κ3) is 4.51. The highest BCUT2D eigenvalue weighted by Gasteiger charge is 2.09. The van der Waals surface area contributed by atoms with Crippen molar-refractivity contribution in [2.75, 3.05) is 5.32 Å². The molecule has 2 amide bonds. The van der Waals surface area contributed by atoms with Gasteiger partial charge in [-0.2, -0.15) is 0 Å². The van der Waals surface area contributed by atoms with Gasteiger partial charge in [-0.05, 0) is 48.9 Å². The van der Waals surface area contributed by atoms with Crippen molar-refractivity contribution >= 4 is 28.8 Å². The molecule has 0 radical (unpaired) electrons. The van der Waals surface area contributed by atoms with Crippen LogP contribution in [0.2, 0.25) is 0 Å². The number of hydrogen-bond acceptors (Lipinski definition) is 4. The molecule has 126 valence electrons. The summed E-state index contributed by atoms with van der Waals surface area (Å²) in [6, 6.07) is 14.5. The van der Waals surface area contributed by atoms with E-state index in [1.165, 1.54) is 11.3 Å². The molecule has 0 saturated carbocycles. The van der Waals surface area contributed by atoms with Crippen LogP contribution in [-0.2, 0) is 6.54 Å². The lowest BCUT2D eigenvalue weighted by atomic mass is 10.2. The molecule has 0 bridgehead atoms. The predicted octanol–water partition coefficient (Wildman–Crippen LogP) is 3.63. The minimum atomic E-state index is -0.197. The fraction of sp³-hybridized carbons (Fsp3) is 0.105. The molecule has 1 aromatic carbocycles. The fourth-order valence-corrected chi connectivity index (χ4v) is 3.08. The summed E-state index contributed by atoms with van der Waals surface area (Å²) in [6.45, 7) is 2.37. The molecule has 2 aromatic heterocycles. The van der Waals surface area contributed by atoms with E-state index in [-0.39, 0.29) is 11.8 Å². The molecule has 2 heterocycles. The number of anilines is 1. The number of pyridine rings is 1. The lowest BCUT2D eigenvalue weighted by molar-refractivity contribution is 0.0954. The highest BCUT2D eigenvalue weighted by Crippen LogP contribution is 2.16. The SMILES string of the molecule is Cc1ccc(C(=O)NCc2cccc(NC(=O)c3ccncc3)c2)s1. The van der Waals surface area contributed by atoms with Crippen molar-refractivity contribution in [3.8, 4) is 0 Å². The van der Waals surface area contributed by atoms with Gasteiger partial charge in [-0.3, -0.25) is 14.6 Å². The molecule has 0 saturated heterocycles. The van der Waals surface area contributed by atoms with E-state index in [1.807, 2.05) is 43.3 Å². The van der Waals surface area contributed by atoms with E-state index in [1.54, 1.807) is 24.5 Å². The van der Waals surface area contributed by atoms with Gasteiger partial charge >= 0.3 is 0 Å². The zero-order chi connectivity index (χ0) is 17.6. The van der Waals surface area contributed by atoms with Crippen LogP contribution in [0.15, 0.2) is 60.9 Å². The highest BCUT2D eigenvalue weighted by molar-refractivity contribution is 7.13. The quantitative estimate of drug-likeness (QED) is 0.737. The number of rotatable bonds is 5. The van der Waals surface area contributed by atoms with Crippen molar-refractivity contribution in [3.05, 3.63) is 81.8 Å². The van der Waals surface area contributed by atoms with Crippen molar-refractivity contribution in [3.63, 3.8) is 0 Å². The maximum Gasteiger partial charge on any atom is 0.261 e. The Hall–Kier alpha value is -2.99. The van der Waals surface area contributed by atoms with Crippen LogP contribution in [0.3, 0.4) is 0 Å². The summed E-state index contributed by atoms with van der Waals surface area (Å²) in [7, 11) is 0. The largest absolute Gasteiger partial charge is 0.347 e. The molecule has 0 unspecified atom stereocenters. The molecule has 25 heavy (non-hydrogen) atoms. The second-order valence-electron chi connectivity index (χ2n) is 5.48. The molecular weight excluding hydrogens is 334 g/mol. The molecule has 0 aliphatic carbocycles. The van der Waals surface area contributed by atoms with E-state index >= 15 is 0 Å². The molecule has 0 fully saturated rings. The topological polar surface area (TPSA) is 71.1 Å². The number of nitrogens with zero attached hydrogens (tertiary/aromatic N) is 1. The zero-order valence-corrected chi connectivity index (χ0v) is 14.5. The maximum atomic E-state index is 12.2. The average molecular weight is 351 g/mol. The van der Waals surface area contributed by atoms with Crippen molar-refractivity contribution in [2.24, 2.45) is 0 Å². The standard InChI is InChI=1S/C19H17N3O2S/c1-13-5-6-17(25-13)19(24)21-12-14-3-2-4-16(11-14)22-18(23)15-7-9-20-10-8-15/h2-11H,12H2,1H3,(H,21,24)(H,22,23). The molecule has 0 aliphatic heterocycles. The number of nitrogens with one attached hydrogen (secondary N) is 2. The number of carbonyl (C=O) groups excluding carboxylic acids is 2. The van der Waals surface area contributed by atoms with E-state index in [0.29, 0.717) is 22.7 Å². The van der Waals surface area contributed by atoms with Gasteiger partial charge in [-0.25, -0.2) is 0 Å². The number of amides is 2. The second kappa shape index (κ2) is 7.72. The van der Waals surface area contributed by atoms with Crippen LogP contribution >= 0.6 is 11.3 Å². The van der Waals surface area contributed by atoms with Gasteiger partial charge in [-0.1, -0.05) is 12.1 Å². The van der Waals surface area contributed by atoms with Crippen LogP contribution in [0.25, 0.3) is 0 Å². The van der Waals surface area contributed by atoms with Gasteiger partial charge in [0.05, 0.1) is 4.88 Å². The summed E-state index contributed by atoms with van der Waals surface area (Å²) in [4.78, 5) is 30.0. The second-order valence-corrected chi connectivity index (χ2v) is 6.77. The third-order valence-electron chi connectivity index (χ3n) is 3.54. The molecule has 2 N–H and O–H groups in total. The Balaban J connectivity index is 1.61. The van der Waals surface area contributed by atoms with Gasteiger partial charge in [0.1, 0.15) is 0 Å². The van der Waals surface area contributed by atoms with Crippen molar-refractivity contribution in [1.82, 2.24) is 10.3 Å². The van der Waals surface area contributed by atoms with Crippen LogP contribution < -0.4 is 10.6 Å². The fourth-order valence-electron chi connectivity index (χ4n) is 2.29. The normalized spacial score (nSPS) is 10.3. The average Bonchev–Trinajstić information content (AvgIpc) is 3.07. The molecule has 0 atom stereocenters. The van der Waals surface area contributed by atoms with Gasteiger partial charge in [0.2, 0.25) is 0 Å². The number of carbonyl (C=O) groups is 2. The first-order valence-electron chi connectivity index (χ1n) is 7.77. The molecule has 5 nitrogen and oxygen atoms in total. The Kier molecular flexibility index (Phi) is 5.20. The van der Waals surface area contributed by atoms with Gasteiger partial charge < -0.3 is 10.6 Å². The Labute approximate surface area is 149 Å². The molecule has 3 rings (SSSR count). The zero-order valence-electron chi connectivity index (χ0n) is 13.7. The van der Waals surface area contributed by atoms with Crippen molar-refractivity contribution in [1.29, 1.82) is 0 Å². The summed E-state index contributed by atoms with van der Waals surface area (Å²) < 4.78 is 0. The van der Waals surface area contributed by atoms with Gasteiger partial charge in [-0.15, -0.1) is 11.3 Å². The first-order chi connectivity index (χ1) is 12.1. The summed E-state index contributed by atoms with van der Waals surface area (Å²) in [5, 5.41) is 5.74. The third-order valence-corrected chi connectivity index (χ3v) is 4.54. The van der Waals surface area contributed by atoms with Crippen molar-refractivity contribution in [2.45, 2.75) is 13.5 Å². The van der Waals surface area contributed by atoms with E-state index in [4.69, 9.17) is 0 Å². The summed E-state index contributed by atoms with van der Waals surface area (Å²) >= 11 is 1.47. The number of thiophene rings is 1. The minimum Gasteiger partial charge on any atom is -0.347 e. The highest BCUT2D eigenvalue weighted by atomic mass is 32.1. The maximum absolute atomic E-state index is 12.2. The monoisotopic (exact) mass is 351 g/mol. The lowest BCUT2D eigenvalue weighted by Crippen LogP contribution is -2.21.